The molecule has 0 bridgehead atoms. The number of hydrogen-bond acceptors (Lipinski definition) is 7. The molecule has 0 aliphatic carbocycles. The van der Waals surface area contributed by atoms with E-state index in [1.165, 1.54) is 37.1 Å². The van der Waals surface area contributed by atoms with Crippen LogP contribution in [0.5, 0.6) is 5.75 Å². The summed E-state index contributed by atoms with van der Waals surface area (Å²) < 4.78 is 51.5. The third-order valence-electron chi connectivity index (χ3n) is 2.97. The summed E-state index contributed by atoms with van der Waals surface area (Å²) in [5.74, 6) is 0.174. The number of ether oxygens (including phenoxy) is 2. The van der Waals surface area contributed by atoms with Crippen LogP contribution in [0.15, 0.2) is 27.8 Å². The second-order valence-corrected chi connectivity index (χ2v) is 6.35. The molecule has 1 aromatic carbocycles. The van der Waals surface area contributed by atoms with Crippen LogP contribution in [0.25, 0.3) is 11.5 Å². The lowest BCUT2D eigenvalue weighted by molar-refractivity contribution is -0.153. The van der Waals surface area contributed by atoms with E-state index in [1.54, 1.807) is 0 Å². The molecule has 0 amide bonds. The Labute approximate surface area is 156 Å². The number of rotatable bonds is 8. The van der Waals surface area contributed by atoms with Gasteiger partial charge >= 0.3 is 12.1 Å². The van der Waals surface area contributed by atoms with Crippen molar-refractivity contribution in [2.75, 3.05) is 19.5 Å². The number of benzene rings is 1. The fraction of sp³-hybridized carbons (Fsp3) is 0.400. The summed E-state index contributed by atoms with van der Waals surface area (Å²) >= 11 is 7.32. The Bertz CT molecular complexity index is 755. The molecule has 0 N–H and O–H groups in total. The summed E-state index contributed by atoms with van der Waals surface area (Å²) in [7, 11) is 1.32. The molecule has 0 aliphatic heterocycles. The van der Waals surface area contributed by atoms with E-state index in [1.807, 2.05) is 0 Å². The summed E-state index contributed by atoms with van der Waals surface area (Å²) in [5, 5.41) is 7.87. The average molecular weight is 411 g/mol. The maximum atomic E-state index is 12.3. The number of halogens is 4. The summed E-state index contributed by atoms with van der Waals surface area (Å²) in [6.07, 6.45) is -3.64. The minimum absolute atomic E-state index is 0.0531. The van der Waals surface area contributed by atoms with Crippen LogP contribution >= 0.6 is 23.4 Å². The first-order chi connectivity index (χ1) is 12.3. The van der Waals surface area contributed by atoms with E-state index in [9.17, 15) is 18.0 Å². The van der Waals surface area contributed by atoms with Crippen LogP contribution in [-0.4, -0.2) is 41.8 Å². The quantitative estimate of drug-likeness (QED) is 0.363. The van der Waals surface area contributed by atoms with E-state index < -0.39 is 12.8 Å². The van der Waals surface area contributed by atoms with Gasteiger partial charge in [0.1, 0.15) is 5.75 Å². The molecule has 2 rings (SSSR count). The van der Waals surface area contributed by atoms with Crippen LogP contribution in [0.4, 0.5) is 13.2 Å². The summed E-state index contributed by atoms with van der Waals surface area (Å²) in [5.41, 5.74) is 0.264. The van der Waals surface area contributed by atoms with E-state index in [4.69, 9.17) is 16.0 Å². The Morgan fingerprint density at radius 3 is 2.81 bits per heavy atom. The first kappa shape index (κ1) is 20.4. The molecule has 0 fully saturated rings. The lowest BCUT2D eigenvalue weighted by atomic mass is 10.2. The van der Waals surface area contributed by atoms with Crippen molar-refractivity contribution in [2.45, 2.75) is 24.2 Å². The first-order valence-electron chi connectivity index (χ1n) is 7.31. The fourth-order valence-electron chi connectivity index (χ4n) is 1.80. The van der Waals surface area contributed by atoms with Gasteiger partial charge in [0.05, 0.1) is 17.7 Å². The van der Waals surface area contributed by atoms with Crippen molar-refractivity contribution < 1.29 is 31.9 Å². The number of carbonyl (C=O) groups excluding carboxylic acids is 1. The van der Waals surface area contributed by atoms with Crippen molar-refractivity contribution in [3.63, 3.8) is 0 Å². The smallest absolute Gasteiger partial charge is 0.422 e. The van der Waals surface area contributed by atoms with Crippen LogP contribution in [-0.2, 0) is 9.53 Å². The van der Waals surface area contributed by atoms with Crippen LogP contribution in [0.2, 0.25) is 5.02 Å². The SMILES string of the molecule is COC(=O)CCCSc1nnc(-c2cccc(OCC(F)(F)F)c2Cl)o1. The van der Waals surface area contributed by atoms with Crippen molar-refractivity contribution in [1.29, 1.82) is 0 Å². The minimum Gasteiger partial charge on any atom is -0.483 e. The lowest BCUT2D eigenvalue weighted by Gasteiger charge is -2.11. The largest absolute Gasteiger partial charge is 0.483 e. The Balaban J connectivity index is 2.01. The molecule has 0 unspecified atom stereocenters. The number of hydrogen-bond donors (Lipinski definition) is 0. The highest BCUT2D eigenvalue weighted by atomic mass is 35.5. The Morgan fingerprint density at radius 2 is 2.12 bits per heavy atom. The summed E-state index contributed by atoms with van der Waals surface area (Å²) in [4.78, 5) is 11.0. The number of nitrogens with zero attached hydrogens (tertiary/aromatic N) is 2. The van der Waals surface area contributed by atoms with E-state index in [0.29, 0.717) is 12.2 Å². The second kappa shape index (κ2) is 9.13. The molecule has 26 heavy (non-hydrogen) atoms. The molecule has 0 atom stereocenters. The minimum atomic E-state index is -4.47. The highest BCUT2D eigenvalue weighted by molar-refractivity contribution is 7.99. The van der Waals surface area contributed by atoms with E-state index >= 15 is 0 Å². The molecule has 1 aromatic heterocycles. The highest BCUT2D eigenvalue weighted by Crippen LogP contribution is 2.36. The van der Waals surface area contributed by atoms with Gasteiger partial charge < -0.3 is 13.9 Å². The average Bonchev–Trinajstić information content (AvgIpc) is 3.05. The summed E-state index contributed by atoms with van der Waals surface area (Å²) in [6, 6.07) is 4.32. The van der Waals surface area contributed by atoms with Gasteiger partial charge in [-0.15, -0.1) is 10.2 Å². The molecule has 1 heterocycles. The van der Waals surface area contributed by atoms with Crippen LogP contribution in [0.1, 0.15) is 12.8 Å². The maximum Gasteiger partial charge on any atom is 0.422 e. The zero-order chi connectivity index (χ0) is 19.2. The van der Waals surface area contributed by atoms with Crippen molar-refractivity contribution in [1.82, 2.24) is 10.2 Å². The highest BCUT2D eigenvalue weighted by Gasteiger charge is 2.29. The van der Waals surface area contributed by atoms with Gasteiger partial charge in [-0.1, -0.05) is 29.4 Å². The molecular formula is C15H14ClF3N2O4S. The molecule has 0 radical (unpaired) electrons. The van der Waals surface area contributed by atoms with E-state index in [-0.39, 0.29) is 39.8 Å². The van der Waals surface area contributed by atoms with Crippen molar-refractivity contribution in [3.05, 3.63) is 23.2 Å². The van der Waals surface area contributed by atoms with E-state index in [0.717, 1.165) is 0 Å². The van der Waals surface area contributed by atoms with Gasteiger partial charge in [0.15, 0.2) is 6.61 Å². The van der Waals surface area contributed by atoms with Gasteiger partial charge in [0.2, 0.25) is 5.89 Å². The van der Waals surface area contributed by atoms with Crippen LogP contribution in [0.3, 0.4) is 0 Å². The number of methoxy groups -OCH3 is 1. The number of carbonyl (C=O) groups is 1. The predicted molar refractivity (Wildman–Crippen MR) is 88.3 cm³/mol. The third-order valence-corrected chi connectivity index (χ3v) is 4.26. The number of thioether (sulfide) groups is 1. The lowest BCUT2D eigenvalue weighted by Crippen LogP contribution is -2.19. The van der Waals surface area contributed by atoms with Gasteiger partial charge in [-0.25, -0.2) is 0 Å². The van der Waals surface area contributed by atoms with E-state index in [2.05, 4.69) is 19.7 Å². The molecule has 0 saturated carbocycles. The van der Waals surface area contributed by atoms with Gasteiger partial charge in [0.25, 0.3) is 5.22 Å². The fourth-order valence-corrected chi connectivity index (χ4v) is 2.76. The van der Waals surface area contributed by atoms with Gasteiger partial charge in [0, 0.05) is 12.2 Å². The Morgan fingerprint density at radius 1 is 1.35 bits per heavy atom. The normalized spacial score (nSPS) is 11.4. The first-order valence-corrected chi connectivity index (χ1v) is 8.68. The molecule has 11 heteroatoms. The van der Waals surface area contributed by atoms with Crippen LogP contribution in [0, 0.1) is 0 Å². The zero-order valence-corrected chi connectivity index (χ0v) is 15.1. The molecule has 6 nitrogen and oxygen atoms in total. The number of alkyl halides is 3. The van der Waals surface area contributed by atoms with Crippen molar-refractivity contribution >= 4 is 29.3 Å². The van der Waals surface area contributed by atoms with Gasteiger partial charge in [-0.3, -0.25) is 4.79 Å². The maximum absolute atomic E-state index is 12.3. The predicted octanol–water partition coefficient (Wildman–Crippen LogP) is 4.38. The molecule has 142 valence electrons. The number of aromatic nitrogens is 2. The third kappa shape index (κ3) is 6.10. The topological polar surface area (TPSA) is 74.5 Å². The zero-order valence-electron chi connectivity index (χ0n) is 13.5. The van der Waals surface area contributed by atoms with Crippen LogP contribution < -0.4 is 4.74 Å². The Kier molecular flexibility index (Phi) is 7.15. The Hall–Kier alpha value is -1.94. The molecular weight excluding hydrogens is 397 g/mol. The summed E-state index contributed by atoms with van der Waals surface area (Å²) in [6.45, 7) is -1.46. The number of esters is 1. The molecule has 2 aromatic rings. The molecule has 0 saturated heterocycles. The standard InChI is InChI=1S/C15H14ClF3N2O4S/c1-23-11(22)6-3-7-26-14-21-20-13(25-14)9-4-2-5-10(12(9)16)24-8-15(17,18)19/h2,4-5H,3,6-8H2,1H3. The molecule has 0 aliphatic rings. The van der Waals surface area contributed by atoms with Gasteiger partial charge in [-0.2, -0.15) is 13.2 Å². The molecule has 0 spiro atoms. The second-order valence-electron chi connectivity index (χ2n) is 4.92. The van der Waals surface area contributed by atoms with Crippen molar-refractivity contribution in [3.8, 4) is 17.2 Å². The van der Waals surface area contributed by atoms with Gasteiger partial charge in [-0.05, 0) is 18.6 Å². The monoisotopic (exact) mass is 410 g/mol. The van der Waals surface area contributed by atoms with Crippen molar-refractivity contribution in [2.24, 2.45) is 0 Å².